The average Bonchev–Trinajstić information content (AvgIpc) is 2.38. The molecule has 4 N–H and O–H groups in total. The molecular formula is C13H16BrN3OS. The lowest BCUT2D eigenvalue weighted by atomic mass is 9.96. The molecule has 1 atom stereocenters. The van der Waals surface area contributed by atoms with Gasteiger partial charge in [-0.25, -0.2) is 0 Å². The number of hydrogen-bond donors (Lipinski definition) is 2. The number of hydrogen-bond acceptors (Lipinski definition) is 3. The first-order chi connectivity index (χ1) is 8.99. The second-order valence-electron chi connectivity index (χ2n) is 4.71. The molecule has 1 amide bonds. The Morgan fingerprint density at radius 2 is 2.16 bits per heavy atom. The largest absolute Gasteiger partial charge is 0.389 e. The van der Waals surface area contributed by atoms with Gasteiger partial charge in [-0.05, 0) is 31.0 Å². The van der Waals surface area contributed by atoms with Gasteiger partial charge in [-0.2, -0.15) is 0 Å². The van der Waals surface area contributed by atoms with Crippen LogP contribution in [0.1, 0.15) is 18.4 Å². The highest BCUT2D eigenvalue weighted by Crippen LogP contribution is 2.29. The van der Waals surface area contributed by atoms with E-state index in [2.05, 4.69) is 20.8 Å². The van der Waals surface area contributed by atoms with Gasteiger partial charge in [-0.3, -0.25) is 4.79 Å². The summed E-state index contributed by atoms with van der Waals surface area (Å²) in [5.41, 5.74) is 13.0. The molecule has 1 unspecified atom stereocenters. The summed E-state index contributed by atoms with van der Waals surface area (Å²) in [6.07, 6.45) is 1.79. The van der Waals surface area contributed by atoms with E-state index < -0.39 is 0 Å². The molecule has 0 saturated carbocycles. The van der Waals surface area contributed by atoms with Crippen molar-refractivity contribution in [3.05, 3.63) is 28.2 Å². The minimum Gasteiger partial charge on any atom is -0.389 e. The van der Waals surface area contributed by atoms with Gasteiger partial charge in [0.15, 0.2) is 0 Å². The molecule has 0 spiro atoms. The predicted octanol–water partition coefficient (Wildman–Crippen LogP) is 1.78. The van der Waals surface area contributed by atoms with E-state index in [1.54, 1.807) is 0 Å². The fourth-order valence-electron chi connectivity index (χ4n) is 2.40. The Kier molecular flexibility index (Phi) is 4.42. The van der Waals surface area contributed by atoms with E-state index in [0.29, 0.717) is 11.5 Å². The van der Waals surface area contributed by atoms with E-state index in [1.807, 2.05) is 18.2 Å². The van der Waals surface area contributed by atoms with Crippen LogP contribution in [0.3, 0.4) is 0 Å². The van der Waals surface area contributed by atoms with Crippen LogP contribution in [0.5, 0.6) is 0 Å². The first kappa shape index (κ1) is 14.3. The summed E-state index contributed by atoms with van der Waals surface area (Å²) in [6, 6.07) is 5.79. The van der Waals surface area contributed by atoms with Gasteiger partial charge in [0.2, 0.25) is 5.91 Å². The third-order valence-electron chi connectivity index (χ3n) is 3.39. The number of rotatable bonds is 3. The molecule has 4 nitrogen and oxygen atoms in total. The van der Waals surface area contributed by atoms with E-state index in [0.717, 1.165) is 35.1 Å². The maximum atomic E-state index is 11.4. The Morgan fingerprint density at radius 1 is 1.42 bits per heavy atom. The summed E-state index contributed by atoms with van der Waals surface area (Å²) >= 11 is 8.54. The Labute approximate surface area is 126 Å². The van der Waals surface area contributed by atoms with Crippen LogP contribution in [-0.2, 0) is 4.79 Å². The highest BCUT2D eigenvalue weighted by Gasteiger charge is 2.25. The number of benzene rings is 1. The molecule has 0 aliphatic carbocycles. The van der Waals surface area contributed by atoms with Crippen LogP contribution in [-0.4, -0.2) is 24.0 Å². The maximum absolute atomic E-state index is 11.4. The molecular weight excluding hydrogens is 326 g/mol. The summed E-state index contributed by atoms with van der Waals surface area (Å²) in [7, 11) is 0. The highest BCUT2D eigenvalue weighted by atomic mass is 79.9. The fourth-order valence-corrected chi connectivity index (χ4v) is 2.92. The number of nitrogens with zero attached hydrogens (tertiary/aromatic N) is 1. The van der Waals surface area contributed by atoms with Crippen molar-refractivity contribution in [2.24, 2.45) is 17.4 Å². The van der Waals surface area contributed by atoms with Crippen LogP contribution in [0.25, 0.3) is 0 Å². The predicted molar refractivity (Wildman–Crippen MR) is 84.2 cm³/mol. The van der Waals surface area contributed by atoms with Gasteiger partial charge in [0.25, 0.3) is 0 Å². The van der Waals surface area contributed by atoms with E-state index in [9.17, 15) is 4.79 Å². The number of carbonyl (C=O) groups is 1. The number of primary amides is 1. The molecule has 0 aromatic heterocycles. The number of thiocarbonyl (C=S) groups is 1. The number of anilines is 1. The molecule has 0 bridgehead atoms. The van der Waals surface area contributed by atoms with Crippen LogP contribution in [0.15, 0.2) is 22.7 Å². The molecule has 1 saturated heterocycles. The summed E-state index contributed by atoms with van der Waals surface area (Å²) in [5.74, 6) is -0.344. The zero-order valence-electron chi connectivity index (χ0n) is 10.4. The van der Waals surface area contributed by atoms with Crippen molar-refractivity contribution in [1.82, 2.24) is 0 Å². The van der Waals surface area contributed by atoms with E-state index in [1.165, 1.54) is 0 Å². The van der Waals surface area contributed by atoms with Crippen LogP contribution in [0.4, 0.5) is 5.69 Å². The van der Waals surface area contributed by atoms with Crippen molar-refractivity contribution in [1.29, 1.82) is 0 Å². The van der Waals surface area contributed by atoms with Crippen molar-refractivity contribution in [3.8, 4) is 0 Å². The summed E-state index contributed by atoms with van der Waals surface area (Å²) in [5, 5.41) is 0. The number of piperidine rings is 1. The average molecular weight is 342 g/mol. The van der Waals surface area contributed by atoms with E-state index in [-0.39, 0.29) is 11.8 Å². The van der Waals surface area contributed by atoms with Crippen LogP contribution < -0.4 is 16.4 Å². The zero-order chi connectivity index (χ0) is 14.0. The molecule has 2 rings (SSSR count). The lowest BCUT2D eigenvalue weighted by molar-refractivity contribution is -0.122. The lowest BCUT2D eigenvalue weighted by Gasteiger charge is -2.34. The SMILES string of the molecule is NC(=O)C1CCCN(c2cc(Br)ccc2C(N)=S)C1. The highest BCUT2D eigenvalue weighted by molar-refractivity contribution is 9.10. The van der Waals surface area contributed by atoms with Gasteiger partial charge in [0.1, 0.15) is 4.99 Å². The topological polar surface area (TPSA) is 72.4 Å². The van der Waals surface area contributed by atoms with Crippen molar-refractivity contribution in [2.45, 2.75) is 12.8 Å². The molecule has 1 aliphatic rings. The van der Waals surface area contributed by atoms with Crippen LogP contribution >= 0.6 is 28.1 Å². The molecule has 1 aromatic carbocycles. The Morgan fingerprint density at radius 3 is 2.79 bits per heavy atom. The molecule has 1 heterocycles. The van der Waals surface area contributed by atoms with Crippen molar-refractivity contribution in [3.63, 3.8) is 0 Å². The monoisotopic (exact) mass is 341 g/mol. The Bertz CT molecular complexity index is 521. The number of carbonyl (C=O) groups excluding carboxylic acids is 1. The Balaban J connectivity index is 2.32. The zero-order valence-corrected chi connectivity index (χ0v) is 12.8. The van der Waals surface area contributed by atoms with Gasteiger partial charge >= 0.3 is 0 Å². The molecule has 6 heteroatoms. The van der Waals surface area contributed by atoms with Crippen LogP contribution in [0, 0.1) is 5.92 Å². The second kappa shape index (κ2) is 5.88. The summed E-state index contributed by atoms with van der Waals surface area (Å²) in [6.45, 7) is 1.51. The number of amides is 1. The third kappa shape index (κ3) is 3.25. The fraction of sp³-hybridized carbons (Fsp3) is 0.385. The van der Waals surface area contributed by atoms with Crippen LogP contribution in [0.2, 0.25) is 0 Å². The van der Waals surface area contributed by atoms with E-state index >= 15 is 0 Å². The minimum absolute atomic E-state index is 0.105. The van der Waals surface area contributed by atoms with Crippen molar-refractivity contribution in [2.75, 3.05) is 18.0 Å². The maximum Gasteiger partial charge on any atom is 0.222 e. The number of nitrogens with two attached hydrogens (primary N) is 2. The van der Waals surface area contributed by atoms with Gasteiger partial charge in [0, 0.05) is 28.8 Å². The first-order valence-corrected chi connectivity index (χ1v) is 7.33. The second-order valence-corrected chi connectivity index (χ2v) is 6.07. The molecule has 102 valence electrons. The molecule has 1 fully saturated rings. The summed E-state index contributed by atoms with van der Waals surface area (Å²) < 4.78 is 0.962. The van der Waals surface area contributed by atoms with Crippen molar-refractivity contribution >= 4 is 44.7 Å². The molecule has 1 aromatic rings. The van der Waals surface area contributed by atoms with Crippen molar-refractivity contribution < 1.29 is 4.79 Å². The Hall–Kier alpha value is -1.14. The summed E-state index contributed by atoms with van der Waals surface area (Å²) in [4.78, 5) is 13.9. The number of halogens is 1. The smallest absolute Gasteiger partial charge is 0.222 e. The minimum atomic E-state index is -0.239. The lowest BCUT2D eigenvalue weighted by Crippen LogP contribution is -2.41. The normalized spacial score (nSPS) is 19.2. The van der Waals surface area contributed by atoms with Gasteiger partial charge in [0.05, 0.1) is 5.92 Å². The van der Waals surface area contributed by atoms with Gasteiger partial charge < -0.3 is 16.4 Å². The van der Waals surface area contributed by atoms with E-state index in [4.69, 9.17) is 23.7 Å². The quantitative estimate of drug-likeness (QED) is 0.822. The third-order valence-corrected chi connectivity index (χ3v) is 4.10. The molecule has 19 heavy (non-hydrogen) atoms. The van der Waals surface area contributed by atoms with Gasteiger partial charge in [-0.15, -0.1) is 0 Å². The van der Waals surface area contributed by atoms with Gasteiger partial charge in [-0.1, -0.05) is 28.1 Å². The standard InChI is InChI=1S/C13H16BrN3OS/c14-9-3-4-10(13(16)19)11(6-9)17-5-1-2-8(7-17)12(15)18/h3-4,6,8H,1-2,5,7H2,(H2,15,18)(H2,16,19). The molecule has 0 radical (unpaired) electrons. The first-order valence-electron chi connectivity index (χ1n) is 6.12. The molecule has 1 aliphatic heterocycles.